The first-order valence-corrected chi connectivity index (χ1v) is 7.51. The SMILES string of the molecule is O=C(Cn1nnc(-c2ccc3c(c2)OCO3)n1)Nc1ccc(F)c(F)c1. The minimum absolute atomic E-state index is 0.130. The van der Waals surface area contributed by atoms with Gasteiger partial charge in [-0.2, -0.15) is 4.80 Å². The lowest BCUT2D eigenvalue weighted by molar-refractivity contribution is -0.117. The van der Waals surface area contributed by atoms with E-state index in [-0.39, 0.29) is 19.0 Å². The molecule has 8 nitrogen and oxygen atoms in total. The molecule has 0 spiro atoms. The van der Waals surface area contributed by atoms with Crippen molar-refractivity contribution in [3.05, 3.63) is 48.0 Å². The summed E-state index contributed by atoms with van der Waals surface area (Å²) in [4.78, 5) is 13.1. The molecule has 2 aromatic carbocycles. The van der Waals surface area contributed by atoms with E-state index < -0.39 is 17.5 Å². The summed E-state index contributed by atoms with van der Waals surface area (Å²) in [6, 6.07) is 8.26. The minimum atomic E-state index is -1.05. The monoisotopic (exact) mass is 359 g/mol. The zero-order valence-electron chi connectivity index (χ0n) is 13.1. The second kappa shape index (κ2) is 6.39. The number of amides is 1. The van der Waals surface area contributed by atoms with Crippen molar-refractivity contribution in [1.82, 2.24) is 20.2 Å². The van der Waals surface area contributed by atoms with Crippen molar-refractivity contribution < 1.29 is 23.0 Å². The number of benzene rings is 2. The van der Waals surface area contributed by atoms with Crippen LogP contribution in [0.25, 0.3) is 11.4 Å². The molecule has 0 unspecified atom stereocenters. The van der Waals surface area contributed by atoms with E-state index in [4.69, 9.17) is 9.47 Å². The zero-order valence-corrected chi connectivity index (χ0v) is 13.1. The molecule has 0 saturated carbocycles. The number of aromatic nitrogens is 4. The molecule has 2 heterocycles. The molecule has 0 atom stereocenters. The van der Waals surface area contributed by atoms with Crippen LogP contribution in [-0.4, -0.2) is 32.9 Å². The Morgan fingerprint density at radius 1 is 1.12 bits per heavy atom. The Labute approximate surface area is 145 Å². The third-order valence-corrected chi connectivity index (χ3v) is 3.57. The normalized spacial score (nSPS) is 12.2. The van der Waals surface area contributed by atoms with Crippen LogP contribution in [0.5, 0.6) is 11.5 Å². The van der Waals surface area contributed by atoms with Crippen molar-refractivity contribution in [1.29, 1.82) is 0 Å². The van der Waals surface area contributed by atoms with Crippen molar-refractivity contribution in [2.24, 2.45) is 0 Å². The molecule has 4 rings (SSSR count). The van der Waals surface area contributed by atoms with Gasteiger partial charge in [-0.1, -0.05) is 0 Å². The van der Waals surface area contributed by atoms with E-state index in [0.717, 1.165) is 16.9 Å². The summed E-state index contributed by atoms with van der Waals surface area (Å²) in [6.07, 6.45) is 0. The van der Waals surface area contributed by atoms with Crippen LogP contribution in [-0.2, 0) is 11.3 Å². The van der Waals surface area contributed by atoms with E-state index in [1.807, 2.05) is 0 Å². The summed E-state index contributed by atoms with van der Waals surface area (Å²) < 4.78 is 36.6. The van der Waals surface area contributed by atoms with Crippen LogP contribution in [0.15, 0.2) is 36.4 Å². The van der Waals surface area contributed by atoms with Crippen LogP contribution in [0, 0.1) is 11.6 Å². The van der Waals surface area contributed by atoms with Crippen molar-refractivity contribution in [3.8, 4) is 22.9 Å². The number of hydrogen-bond acceptors (Lipinski definition) is 6. The molecule has 1 aromatic heterocycles. The largest absolute Gasteiger partial charge is 0.454 e. The summed E-state index contributed by atoms with van der Waals surface area (Å²) >= 11 is 0. The third kappa shape index (κ3) is 3.16. The Hall–Kier alpha value is -3.56. The Kier molecular flexibility index (Phi) is 3.92. The quantitative estimate of drug-likeness (QED) is 0.766. The second-order valence-electron chi connectivity index (χ2n) is 5.39. The maximum atomic E-state index is 13.2. The van der Waals surface area contributed by atoms with Crippen LogP contribution in [0.4, 0.5) is 14.5 Å². The lowest BCUT2D eigenvalue weighted by Gasteiger charge is -2.04. The molecule has 10 heteroatoms. The van der Waals surface area contributed by atoms with Crippen molar-refractivity contribution in [2.75, 3.05) is 12.1 Å². The van der Waals surface area contributed by atoms with Crippen molar-refractivity contribution in [3.63, 3.8) is 0 Å². The molecule has 132 valence electrons. The fourth-order valence-electron chi connectivity index (χ4n) is 2.36. The molecule has 1 N–H and O–H groups in total. The predicted octanol–water partition coefficient (Wildman–Crippen LogP) is 1.99. The Morgan fingerprint density at radius 2 is 1.96 bits per heavy atom. The van der Waals surface area contributed by atoms with Crippen molar-refractivity contribution in [2.45, 2.75) is 6.54 Å². The van der Waals surface area contributed by atoms with Gasteiger partial charge in [-0.05, 0) is 35.5 Å². The number of rotatable bonds is 4. The molecule has 0 bridgehead atoms. The first-order chi connectivity index (χ1) is 12.6. The number of carbonyl (C=O) groups is 1. The molecule has 26 heavy (non-hydrogen) atoms. The molecule has 3 aromatic rings. The summed E-state index contributed by atoms with van der Waals surface area (Å²) in [5, 5.41) is 14.3. The first-order valence-electron chi connectivity index (χ1n) is 7.51. The topological polar surface area (TPSA) is 91.2 Å². The molecule has 0 saturated heterocycles. The van der Waals surface area contributed by atoms with Crippen LogP contribution < -0.4 is 14.8 Å². The van der Waals surface area contributed by atoms with Crippen LogP contribution in [0.2, 0.25) is 0 Å². The molecule has 0 fully saturated rings. The molecular formula is C16H11F2N5O3. The molecule has 1 amide bonds. The standard InChI is InChI=1S/C16H11F2N5O3/c17-11-3-2-10(6-12(11)18)19-15(24)7-23-21-16(20-22-23)9-1-4-13-14(5-9)26-8-25-13/h1-6H,7-8H2,(H,19,24). The number of carbonyl (C=O) groups excluding carboxylic acids is 1. The smallest absolute Gasteiger partial charge is 0.248 e. The number of ether oxygens (including phenoxy) is 2. The highest BCUT2D eigenvalue weighted by Gasteiger charge is 2.16. The molecule has 0 aliphatic carbocycles. The molecular weight excluding hydrogens is 348 g/mol. The lowest BCUT2D eigenvalue weighted by atomic mass is 10.2. The molecule has 1 aliphatic heterocycles. The maximum absolute atomic E-state index is 13.2. The van der Waals surface area contributed by atoms with E-state index >= 15 is 0 Å². The second-order valence-corrected chi connectivity index (χ2v) is 5.39. The Balaban J connectivity index is 1.44. The van der Waals surface area contributed by atoms with Crippen LogP contribution in [0.3, 0.4) is 0 Å². The maximum Gasteiger partial charge on any atom is 0.248 e. The number of halogens is 2. The minimum Gasteiger partial charge on any atom is -0.454 e. The lowest BCUT2D eigenvalue weighted by Crippen LogP contribution is -2.20. The number of anilines is 1. The average molecular weight is 359 g/mol. The molecule has 1 aliphatic rings. The van der Waals surface area contributed by atoms with Gasteiger partial charge in [0.25, 0.3) is 0 Å². The van der Waals surface area contributed by atoms with E-state index in [9.17, 15) is 13.6 Å². The number of tetrazole rings is 1. The highest BCUT2D eigenvalue weighted by molar-refractivity contribution is 5.90. The van der Waals surface area contributed by atoms with Gasteiger partial charge in [0.2, 0.25) is 18.5 Å². The van der Waals surface area contributed by atoms with E-state index in [1.54, 1.807) is 18.2 Å². The summed E-state index contributed by atoms with van der Waals surface area (Å²) in [5.41, 5.74) is 0.784. The van der Waals surface area contributed by atoms with Gasteiger partial charge in [0.1, 0.15) is 6.54 Å². The van der Waals surface area contributed by atoms with Gasteiger partial charge in [0.15, 0.2) is 23.1 Å². The average Bonchev–Trinajstić information content (AvgIpc) is 3.26. The van der Waals surface area contributed by atoms with Crippen LogP contribution >= 0.6 is 0 Å². The van der Waals surface area contributed by atoms with Gasteiger partial charge in [-0.25, -0.2) is 8.78 Å². The van der Waals surface area contributed by atoms with Gasteiger partial charge in [-0.15, -0.1) is 10.2 Å². The van der Waals surface area contributed by atoms with Gasteiger partial charge in [-0.3, -0.25) is 4.79 Å². The fourth-order valence-corrected chi connectivity index (χ4v) is 2.36. The van der Waals surface area contributed by atoms with Gasteiger partial charge >= 0.3 is 0 Å². The van der Waals surface area contributed by atoms with Crippen LogP contribution in [0.1, 0.15) is 0 Å². The van der Waals surface area contributed by atoms with Gasteiger partial charge in [0.05, 0.1) is 0 Å². The summed E-state index contributed by atoms with van der Waals surface area (Å²) in [5.74, 6) is -1.03. The van der Waals surface area contributed by atoms with E-state index in [2.05, 4.69) is 20.7 Å². The predicted molar refractivity (Wildman–Crippen MR) is 84.4 cm³/mol. The number of nitrogens with zero attached hydrogens (tertiary/aromatic N) is 4. The van der Waals surface area contributed by atoms with E-state index in [0.29, 0.717) is 22.9 Å². The molecule has 0 radical (unpaired) electrons. The first kappa shape index (κ1) is 15.9. The third-order valence-electron chi connectivity index (χ3n) is 3.57. The number of fused-ring (bicyclic) bond motifs is 1. The number of hydrogen-bond donors (Lipinski definition) is 1. The summed E-state index contributed by atoms with van der Waals surface area (Å²) in [6.45, 7) is -0.0837. The summed E-state index contributed by atoms with van der Waals surface area (Å²) in [7, 11) is 0. The Morgan fingerprint density at radius 3 is 2.81 bits per heavy atom. The fraction of sp³-hybridized carbons (Fsp3) is 0.125. The highest BCUT2D eigenvalue weighted by atomic mass is 19.2. The van der Waals surface area contributed by atoms with Crippen molar-refractivity contribution >= 4 is 11.6 Å². The highest BCUT2D eigenvalue weighted by Crippen LogP contribution is 2.34. The number of nitrogens with one attached hydrogen (secondary N) is 1. The van der Waals surface area contributed by atoms with Gasteiger partial charge < -0.3 is 14.8 Å². The van der Waals surface area contributed by atoms with E-state index in [1.165, 1.54) is 6.07 Å². The van der Waals surface area contributed by atoms with Gasteiger partial charge in [0, 0.05) is 17.3 Å². The zero-order chi connectivity index (χ0) is 18.1. The Bertz CT molecular complexity index is 992.